The topological polar surface area (TPSA) is 46.3 Å². The van der Waals surface area contributed by atoms with Gasteiger partial charge in [0, 0.05) is 6.42 Å². The van der Waals surface area contributed by atoms with E-state index in [2.05, 4.69) is 4.98 Å². The summed E-state index contributed by atoms with van der Waals surface area (Å²) in [5.74, 6) is 0.281. The molecule has 66 valence electrons. The van der Waals surface area contributed by atoms with Crippen LogP contribution in [-0.2, 0) is 6.42 Å². The van der Waals surface area contributed by atoms with Gasteiger partial charge in [0.2, 0.25) is 0 Å². The SMILES string of the molecule is Oc1ccc(Cc2cocn2)cc1. The van der Waals surface area contributed by atoms with E-state index in [9.17, 15) is 0 Å². The van der Waals surface area contributed by atoms with Crippen LogP contribution in [0.15, 0.2) is 41.3 Å². The number of rotatable bonds is 2. The number of phenols is 1. The molecule has 1 aromatic heterocycles. The van der Waals surface area contributed by atoms with Gasteiger partial charge in [-0.15, -0.1) is 0 Å². The molecule has 3 nitrogen and oxygen atoms in total. The van der Waals surface area contributed by atoms with Gasteiger partial charge in [0.1, 0.15) is 12.0 Å². The first-order valence-electron chi connectivity index (χ1n) is 3.99. The molecule has 1 N–H and O–H groups in total. The number of hydrogen-bond donors (Lipinski definition) is 1. The number of benzene rings is 1. The Kier molecular flexibility index (Phi) is 2.00. The Morgan fingerprint density at radius 2 is 2.00 bits per heavy atom. The van der Waals surface area contributed by atoms with E-state index in [1.54, 1.807) is 18.4 Å². The molecule has 0 fully saturated rings. The summed E-state index contributed by atoms with van der Waals surface area (Å²) in [4.78, 5) is 4.00. The van der Waals surface area contributed by atoms with Crippen LogP contribution in [0.25, 0.3) is 0 Å². The second-order valence-corrected chi connectivity index (χ2v) is 2.82. The Labute approximate surface area is 75.7 Å². The minimum Gasteiger partial charge on any atom is -0.508 e. The van der Waals surface area contributed by atoms with Crippen LogP contribution in [0.1, 0.15) is 11.3 Å². The van der Waals surface area contributed by atoms with E-state index in [1.807, 2.05) is 12.1 Å². The largest absolute Gasteiger partial charge is 0.508 e. The Balaban J connectivity index is 2.15. The molecule has 0 radical (unpaired) electrons. The lowest BCUT2D eigenvalue weighted by atomic mass is 10.1. The fourth-order valence-corrected chi connectivity index (χ4v) is 1.15. The highest BCUT2D eigenvalue weighted by molar-refractivity contribution is 5.28. The van der Waals surface area contributed by atoms with Crippen molar-refractivity contribution in [2.24, 2.45) is 0 Å². The van der Waals surface area contributed by atoms with Crippen LogP contribution in [0.5, 0.6) is 5.75 Å². The summed E-state index contributed by atoms with van der Waals surface area (Å²) in [5.41, 5.74) is 2.00. The van der Waals surface area contributed by atoms with Gasteiger partial charge in [-0.2, -0.15) is 0 Å². The van der Waals surface area contributed by atoms with Crippen LogP contribution >= 0.6 is 0 Å². The zero-order valence-corrected chi connectivity index (χ0v) is 6.97. The van der Waals surface area contributed by atoms with Gasteiger partial charge in [0.15, 0.2) is 6.39 Å². The molecule has 0 unspecified atom stereocenters. The monoisotopic (exact) mass is 175 g/mol. The Morgan fingerprint density at radius 3 is 2.62 bits per heavy atom. The summed E-state index contributed by atoms with van der Waals surface area (Å²) >= 11 is 0. The Bertz CT molecular complexity index is 364. The maximum atomic E-state index is 9.05. The average Bonchev–Trinajstić information content (AvgIpc) is 2.62. The molecule has 13 heavy (non-hydrogen) atoms. The normalized spacial score (nSPS) is 10.2. The lowest BCUT2D eigenvalue weighted by Gasteiger charge is -1.97. The maximum Gasteiger partial charge on any atom is 0.180 e. The predicted molar refractivity (Wildman–Crippen MR) is 47.4 cm³/mol. The van der Waals surface area contributed by atoms with Crippen molar-refractivity contribution in [3.8, 4) is 5.75 Å². The lowest BCUT2D eigenvalue weighted by Crippen LogP contribution is -1.86. The van der Waals surface area contributed by atoms with E-state index in [0.717, 1.165) is 17.7 Å². The number of oxazole rings is 1. The minimum atomic E-state index is 0.281. The molecule has 0 aliphatic carbocycles. The molecule has 0 aliphatic rings. The van der Waals surface area contributed by atoms with Crippen LogP contribution in [0.2, 0.25) is 0 Å². The van der Waals surface area contributed by atoms with Crippen molar-refractivity contribution in [3.05, 3.63) is 48.2 Å². The quantitative estimate of drug-likeness (QED) is 0.759. The summed E-state index contributed by atoms with van der Waals surface area (Å²) in [7, 11) is 0. The van der Waals surface area contributed by atoms with Gasteiger partial charge in [-0.05, 0) is 17.7 Å². The number of aromatic nitrogens is 1. The van der Waals surface area contributed by atoms with E-state index < -0.39 is 0 Å². The van der Waals surface area contributed by atoms with Crippen LogP contribution in [0, 0.1) is 0 Å². The van der Waals surface area contributed by atoms with E-state index in [-0.39, 0.29) is 5.75 Å². The standard InChI is InChI=1S/C10H9NO2/c12-10-3-1-8(2-4-10)5-9-6-13-7-11-9/h1-4,6-7,12H,5H2. The van der Waals surface area contributed by atoms with Crippen molar-refractivity contribution in [1.82, 2.24) is 4.98 Å². The molecule has 0 atom stereocenters. The first kappa shape index (κ1) is 7.86. The van der Waals surface area contributed by atoms with Gasteiger partial charge in [-0.1, -0.05) is 12.1 Å². The molecular formula is C10H9NO2. The van der Waals surface area contributed by atoms with Crippen molar-refractivity contribution in [3.63, 3.8) is 0 Å². The lowest BCUT2D eigenvalue weighted by molar-refractivity contribution is 0.475. The fraction of sp³-hybridized carbons (Fsp3) is 0.100. The third-order valence-corrected chi connectivity index (χ3v) is 1.81. The molecule has 0 spiro atoms. The molecule has 0 saturated carbocycles. The number of nitrogens with zero attached hydrogens (tertiary/aromatic N) is 1. The average molecular weight is 175 g/mol. The van der Waals surface area contributed by atoms with Gasteiger partial charge in [-0.25, -0.2) is 4.98 Å². The summed E-state index contributed by atoms with van der Waals surface area (Å²) in [6.45, 7) is 0. The van der Waals surface area contributed by atoms with Crippen LogP contribution in [0.3, 0.4) is 0 Å². The van der Waals surface area contributed by atoms with Gasteiger partial charge in [0.25, 0.3) is 0 Å². The highest BCUT2D eigenvalue weighted by Crippen LogP contribution is 2.12. The van der Waals surface area contributed by atoms with E-state index in [4.69, 9.17) is 9.52 Å². The van der Waals surface area contributed by atoms with E-state index >= 15 is 0 Å². The van der Waals surface area contributed by atoms with Crippen LogP contribution < -0.4 is 0 Å². The van der Waals surface area contributed by atoms with Crippen molar-refractivity contribution in [2.45, 2.75) is 6.42 Å². The first-order valence-corrected chi connectivity index (χ1v) is 3.99. The molecule has 0 saturated heterocycles. The molecule has 0 amide bonds. The minimum absolute atomic E-state index is 0.281. The first-order chi connectivity index (χ1) is 6.34. The molecule has 0 bridgehead atoms. The van der Waals surface area contributed by atoms with E-state index in [1.165, 1.54) is 6.39 Å². The number of hydrogen-bond acceptors (Lipinski definition) is 3. The van der Waals surface area contributed by atoms with Crippen molar-refractivity contribution >= 4 is 0 Å². The van der Waals surface area contributed by atoms with Crippen molar-refractivity contribution < 1.29 is 9.52 Å². The van der Waals surface area contributed by atoms with E-state index in [0.29, 0.717) is 0 Å². The molecule has 1 aromatic carbocycles. The second-order valence-electron chi connectivity index (χ2n) is 2.82. The summed E-state index contributed by atoms with van der Waals surface area (Å²) < 4.78 is 4.85. The van der Waals surface area contributed by atoms with Gasteiger partial charge in [-0.3, -0.25) is 0 Å². The highest BCUT2D eigenvalue weighted by Gasteiger charge is 1.98. The molecule has 2 rings (SSSR count). The fourth-order valence-electron chi connectivity index (χ4n) is 1.15. The van der Waals surface area contributed by atoms with Gasteiger partial charge < -0.3 is 9.52 Å². The smallest absolute Gasteiger partial charge is 0.180 e. The third-order valence-electron chi connectivity index (χ3n) is 1.81. The number of aromatic hydroxyl groups is 1. The summed E-state index contributed by atoms with van der Waals surface area (Å²) in [6.07, 6.45) is 3.76. The maximum absolute atomic E-state index is 9.05. The molecule has 2 aromatic rings. The summed E-state index contributed by atoms with van der Waals surface area (Å²) in [6, 6.07) is 7.05. The van der Waals surface area contributed by atoms with Gasteiger partial charge >= 0.3 is 0 Å². The van der Waals surface area contributed by atoms with Crippen molar-refractivity contribution in [2.75, 3.05) is 0 Å². The van der Waals surface area contributed by atoms with Crippen LogP contribution in [-0.4, -0.2) is 10.1 Å². The second kappa shape index (κ2) is 3.31. The van der Waals surface area contributed by atoms with Gasteiger partial charge in [0.05, 0.1) is 5.69 Å². The zero-order valence-electron chi connectivity index (χ0n) is 6.97. The third kappa shape index (κ3) is 1.87. The molecule has 1 heterocycles. The predicted octanol–water partition coefficient (Wildman–Crippen LogP) is 1.97. The van der Waals surface area contributed by atoms with Crippen molar-refractivity contribution in [1.29, 1.82) is 0 Å². The molecule has 0 aliphatic heterocycles. The Morgan fingerprint density at radius 1 is 1.23 bits per heavy atom. The summed E-state index contributed by atoms with van der Waals surface area (Å²) in [5, 5.41) is 9.05. The van der Waals surface area contributed by atoms with Crippen LogP contribution in [0.4, 0.5) is 0 Å². The highest BCUT2D eigenvalue weighted by atomic mass is 16.3. The number of phenolic OH excluding ortho intramolecular Hbond substituents is 1. The molecule has 3 heteroatoms. The Hall–Kier alpha value is -1.77. The zero-order chi connectivity index (χ0) is 9.10. The molecular weight excluding hydrogens is 166 g/mol.